The molecule has 1 fully saturated rings. The summed E-state index contributed by atoms with van der Waals surface area (Å²) in [5.41, 5.74) is 1.77. The first kappa shape index (κ1) is 18.5. The Hall–Kier alpha value is -2.85. The normalized spacial score (nSPS) is 15.5. The molecule has 146 valence electrons. The second kappa shape index (κ2) is 8.03. The van der Waals surface area contributed by atoms with Crippen LogP contribution in [0.5, 0.6) is 0 Å². The number of hydrogen-bond donors (Lipinski definition) is 0. The van der Waals surface area contributed by atoms with E-state index in [2.05, 4.69) is 30.4 Å². The van der Waals surface area contributed by atoms with Crippen LogP contribution in [0.2, 0.25) is 0 Å². The van der Waals surface area contributed by atoms with Crippen molar-refractivity contribution in [2.75, 3.05) is 31.1 Å². The van der Waals surface area contributed by atoms with E-state index >= 15 is 0 Å². The quantitative estimate of drug-likeness (QED) is 0.475. The molecule has 3 aromatic rings. The molecular formula is C18H20N6O3S. The van der Waals surface area contributed by atoms with Gasteiger partial charge >= 0.3 is 0 Å². The number of nitro groups is 1. The molecule has 1 aliphatic heterocycles. The van der Waals surface area contributed by atoms with Crippen molar-refractivity contribution in [2.45, 2.75) is 19.9 Å². The van der Waals surface area contributed by atoms with Crippen molar-refractivity contribution in [3.8, 4) is 11.5 Å². The summed E-state index contributed by atoms with van der Waals surface area (Å²) < 4.78 is 5.77. The molecule has 3 heterocycles. The van der Waals surface area contributed by atoms with Gasteiger partial charge in [-0.15, -0.1) is 21.5 Å². The third-order valence-electron chi connectivity index (χ3n) is 4.62. The fourth-order valence-corrected chi connectivity index (χ4v) is 4.02. The molecule has 9 nitrogen and oxygen atoms in total. The summed E-state index contributed by atoms with van der Waals surface area (Å²) in [6, 6.07) is 6.11. The van der Waals surface area contributed by atoms with Gasteiger partial charge in [0.25, 0.3) is 5.69 Å². The lowest BCUT2D eigenvalue weighted by molar-refractivity contribution is -0.384. The van der Waals surface area contributed by atoms with Crippen molar-refractivity contribution in [3.63, 3.8) is 0 Å². The molecule has 0 saturated carbocycles. The standard InChI is InChI=1S/C18H20N6O3S/c1-13-12-28-18(19-13)23-8-2-7-22(9-10-23)11-16-20-21-17(27-16)14-3-5-15(6-4-14)24(25)26/h3-6,12H,2,7-11H2,1H3. The Labute approximate surface area is 165 Å². The second-order valence-electron chi connectivity index (χ2n) is 6.69. The average molecular weight is 400 g/mol. The van der Waals surface area contributed by atoms with Gasteiger partial charge in [0.15, 0.2) is 5.13 Å². The van der Waals surface area contributed by atoms with E-state index in [1.165, 1.54) is 12.1 Å². The smallest absolute Gasteiger partial charge is 0.269 e. The van der Waals surface area contributed by atoms with Crippen LogP contribution in [0.1, 0.15) is 18.0 Å². The summed E-state index contributed by atoms with van der Waals surface area (Å²) in [4.78, 5) is 19.5. The highest BCUT2D eigenvalue weighted by molar-refractivity contribution is 7.13. The molecule has 1 aromatic carbocycles. The molecule has 0 atom stereocenters. The van der Waals surface area contributed by atoms with Gasteiger partial charge in [-0.1, -0.05) is 0 Å². The van der Waals surface area contributed by atoms with Crippen molar-refractivity contribution in [2.24, 2.45) is 0 Å². The number of non-ortho nitro benzene ring substituents is 1. The molecule has 2 aromatic heterocycles. The van der Waals surface area contributed by atoms with E-state index < -0.39 is 4.92 Å². The van der Waals surface area contributed by atoms with E-state index in [9.17, 15) is 10.1 Å². The van der Waals surface area contributed by atoms with Gasteiger partial charge in [0, 0.05) is 49.3 Å². The number of nitro benzene ring substituents is 1. The summed E-state index contributed by atoms with van der Waals surface area (Å²) in [6.07, 6.45) is 1.04. The van der Waals surface area contributed by atoms with Crippen molar-refractivity contribution in [1.82, 2.24) is 20.1 Å². The maximum Gasteiger partial charge on any atom is 0.269 e. The van der Waals surface area contributed by atoms with Gasteiger partial charge in [0.05, 0.1) is 17.2 Å². The molecule has 0 N–H and O–H groups in total. The van der Waals surface area contributed by atoms with Crippen LogP contribution in [0.15, 0.2) is 34.1 Å². The highest BCUT2D eigenvalue weighted by Gasteiger charge is 2.19. The summed E-state index contributed by atoms with van der Waals surface area (Å²) in [7, 11) is 0. The largest absolute Gasteiger partial charge is 0.419 e. The number of nitrogens with zero attached hydrogens (tertiary/aromatic N) is 6. The lowest BCUT2D eigenvalue weighted by Gasteiger charge is -2.20. The van der Waals surface area contributed by atoms with Gasteiger partial charge in [-0.05, 0) is 25.5 Å². The second-order valence-corrected chi connectivity index (χ2v) is 7.53. The number of rotatable bonds is 5. The molecule has 0 spiro atoms. The zero-order valence-electron chi connectivity index (χ0n) is 15.4. The molecular weight excluding hydrogens is 380 g/mol. The Bertz CT molecular complexity index is 954. The molecule has 10 heteroatoms. The number of thiazole rings is 1. The summed E-state index contributed by atoms with van der Waals surface area (Å²) in [5, 5.41) is 22.1. The number of aryl methyl sites for hydroxylation is 1. The Morgan fingerprint density at radius 3 is 2.71 bits per heavy atom. The fourth-order valence-electron chi connectivity index (χ4n) is 3.16. The van der Waals surface area contributed by atoms with Gasteiger partial charge < -0.3 is 9.32 Å². The van der Waals surface area contributed by atoms with Crippen LogP contribution in [0, 0.1) is 17.0 Å². The molecule has 0 unspecified atom stereocenters. The Morgan fingerprint density at radius 2 is 2.00 bits per heavy atom. The molecule has 4 rings (SSSR count). The lowest BCUT2D eigenvalue weighted by Crippen LogP contribution is -2.30. The van der Waals surface area contributed by atoms with Crippen molar-refractivity contribution in [3.05, 3.63) is 51.3 Å². The topological polar surface area (TPSA) is 101 Å². The van der Waals surface area contributed by atoms with Gasteiger partial charge in [0.1, 0.15) is 0 Å². The average Bonchev–Trinajstić information content (AvgIpc) is 3.27. The minimum Gasteiger partial charge on any atom is -0.419 e. The monoisotopic (exact) mass is 400 g/mol. The first-order valence-electron chi connectivity index (χ1n) is 9.05. The Balaban J connectivity index is 1.38. The van der Waals surface area contributed by atoms with E-state index in [0.717, 1.165) is 43.4 Å². The van der Waals surface area contributed by atoms with Gasteiger partial charge in [-0.3, -0.25) is 15.0 Å². The van der Waals surface area contributed by atoms with Crippen LogP contribution >= 0.6 is 11.3 Å². The molecule has 0 amide bonds. The fraction of sp³-hybridized carbons (Fsp3) is 0.389. The van der Waals surface area contributed by atoms with Crippen LogP contribution < -0.4 is 4.90 Å². The molecule has 0 radical (unpaired) electrons. The van der Waals surface area contributed by atoms with Crippen molar-refractivity contribution < 1.29 is 9.34 Å². The molecule has 1 aliphatic rings. The van der Waals surface area contributed by atoms with E-state index in [1.807, 2.05) is 6.92 Å². The number of hydrogen-bond acceptors (Lipinski definition) is 9. The SMILES string of the molecule is Cc1csc(N2CCCN(Cc3nnc(-c4ccc([N+](=O)[O-])cc4)o3)CC2)n1. The van der Waals surface area contributed by atoms with Crippen LogP contribution in [-0.2, 0) is 6.54 Å². The zero-order valence-corrected chi connectivity index (χ0v) is 16.3. The predicted molar refractivity (Wildman–Crippen MR) is 105 cm³/mol. The predicted octanol–water partition coefficient (Wildman–Crippen LogP) is 3.12. The summed E-state index contributed by atoms with van der Waals surface area (Å²) in [5.74, 6) is 0.923. The van der Waals surface area contributed by atoms with Crippen LogP contribution in [0.3, 0.4) is 0 Å². The van der Waals surface area contributed by atoms with Crippen molar-refractivity contribution >= 4 is 22.2 Å². The minimum atomic E-state index is -0.432. The van der Waals surface area contributed by atoms with E-state index in [0.29, 0.717) is 23.9 Å². The number of benzene rings is 1. The van der Waals surface area contributed by atoms with Gasteiger partial charge in [0.2, 0.25) is 11.8 Å². The maximum atomic E-state index is 10.8. The minimum absolute atomic E-state index is 0.0352. The number of anilines is 1. The Morgan fingerprint density at radius 1 is 1.18 bits per heavy atom. The van der Waals surface area contributed by atoms with E-state index in [4.69, 9.17) is 4.42 Å². The lowest BCUT2D eigenvalue weighted by atomic mass is 10.2. The summed E-state index contributed by atoms with van der Waals surface area (Å²) >= 11 is 1.69. The first-order valence-corrected chi connectivity index (χ1v) is 9.93. The zero-order chi connectivity index (χ0) is 19.5. The van der Waals surface area contributed by atoms with Gasteiger partial charge in [-0.2, -0.15) is 0 Å². The van der Waals surface area contributed by atoms with Crippen LogP contribution in [-0.4, -0.2) is 51.2 Å². The molecule has 0 aliphatic carbocycles. The van der Waals surface area contributed by atoms with E-state index in [-0.39, 0.29) is 5.69 Å². The van der Waals surface area contributed by atoms with Crippen molar-refractivity contribution in [1.29, 1.82) is 0 Å². The van der Waals surface area contributed by atoms with E-state index in [1.54, 1.807) is 23.5 Å². The van der Waals surface area contributed by atoms with Crippen LogP contribution in [0.25, 0.3) is 11.5 Å². The Kier molecular flexibility index (Phi) is 5.31. The molecule has 1 saturated heterocycles. The third-order valence-corrected chi connectivity index (χ3v) is 5.64. The molecule has 28 heavy (non-hydrogen) atoms. The highest BCUT2D eigenvalue weighted by Crippen LogP contribution is 2.23. The van der Waals surface area contributed by atoms with Gasteiger partial charge in [-0.25, -0.2) is 4.98 Å². The maximum absolute atomic E-state index is 10.8. The molecule has 0 bridgehead atoms. The number of aromatic nitrogens is 3. The third kappa shape index (κ3) is 4.18. The first-order chi connectivity index (χ1) is 13.6. The summed E-state index contributed by atoms with van der Waals surface area (Å²) in [6.45, 7) is 6.36. The van der Waals surface area contributed by atoms with Crippen LogP contribution in [0.4, 0.5) is 10.8 Å². The highest BCUT2D eigenvalue weighted by atomic mass is 32.1.